The first-order chi connectivity index (χ1) is 23.2. The summed E-state index contributed by atoms with van der Waals surface area (Å²) in [5, 5.41) is 67.5. The first-order valence-electron chi connectivity index (χ1n) is 16.9. The molecule has 2 aliphatic rings. The van der Waals surface area contributed by atoms with E-state index in [2.05, 4.69) is 16.0 Å². The maximum Gasteiger partial charge on any atom is 0.234 e. The summed E-state index contributed by atoms with van der Waals surface area (Å²) < 4.78 is 21.5. The third-order valence-corrected chi connectivity index (χ3v) is 8.11. The highest BCUT2D eigenvalue weighted by atomic mass is 16.7. The van der Waals surface area contributed by atoms with Gasteiger partial charge in [-0.2, -0.15) is 0 Å². The summed E-state index contributed by atoms with van der Waals surface area (Å²) in [6, 6.07) is 0. The third kappa shape index (κ3) is 15.2. The van der Waals surface area contributed by atoms with Crippen molar-refractivity contribution in [3.05, 3.63) is 0 Å². The van der Waals surface area contributed by atoms with Crippen LogP contribution in [0, 0.1) is 0 Å². The number of hydrogen-bond acceptors (Lipinski definition) is 15. The number of nitrogens with zero attached hydrogens (tertiary/aromatic N) is 1. The standard InChI is InChI=1S/C31H56N4O14/c1-4-8-20(36)9-6-5-7-10-32-21(37)15-35(16-22(38)33-11-13-46-30-28(44)26(42)24(40)18(2)48-30)17-23(39)34-12-14-47-31-29(45)27(43)25(41)19(3)49-31/h18-19,24-31,40-45H,4-17H2,1-3H3,(H,32,37)(H,33,38)(H,34,39)/t18-,19-,24+,25+,26+,27+,28-,29-,30+,31+/m0/s1. The number of hydrogen-bond donors (Lipinski definition) is 9. The number of carbonyl (C=O) groups excluding carboxylic acids is 4. The summed E-state index contributed by atoms with van der Waals surface area (Å²) in [4.78, 5) is 51.1. The Labute approximate surface area is 286 Å². The number of nitrogens with one attached hydrogen (secondary N) is 3. The van der Waals surface area contributed by atoms with Crippen molar-refractivity contribution >= 4 is 23.5 Å². The van der Waals surface area contributed by atoms with Crippen LogP contribution in [-0.4, -0.2) is 173 Å². The molecule has 2 aliphatic heterocycles. The Bertz CT molecular complexity index is 969. The summed E-state index contributed by atoms with van der Waals surface area (Å²) in [5.41, 5.74) is 0. The van der Waals surface area contributed by atoms with Crippen LogP contribution >= 0.6 is 0 Å². The van der Waals surface area contributed by atoms with Crippen molar-refractivity contribution in [2.45, 2.75) is 121 Å². The normalized spacial score (nSPS) is 30.2. The van der Waals surface area contributed by atoms with Gasteiger partial charge in [-0.15, -0.1) is 0 Å². The van der Waals surface area contributed by atoms with Crippen molar-refractivity contribution in [3.8, 4) is 0 Å². The summed E-state index contributed by atoms with van der Waals surface area (Å²) >= 11 is 0. The van der Waals surface area contributed by atoms with E-state index in [9.17, 15) is 49.8 Å². The van der Waals surface area contributed by atoms with Crippen LogP contribution in [0.4, 0.5) is 0 Å². The van der Waals surface area contributed by atoms with Crippen molar-refractivity contribution in [3.63, 3.8) is 0 Å². The first-order valence-corrected chi connectivity index (χ1v) is 16.9. The third-order valence-electron chi connectivity index (χ3n) is 8.11. The zero-order valence-electron chi connectivity index (χ0n) is 28.6. The van der Waals surface area contributed by atoms with Gasteiger partial charge in [0.2, 0.25) is 17.7 Å². The van der Waals surface area contributed by atoms with Gasteiger partial charge in [-0.3, -0.25) is 24.1 Å². The molecule has 0 unspecified atom stereocenters. The van der Waals surface area contributed by atoms with E-state index in [1.807, 2.05) is 6.92 Å². The topological polar surface area (TPSA) is 266 Å². The molecule has 2 fully saturated rings. The number of carbonyl (C=O) groups is 4. The van der Waals surface area contributed by atoms with Gasteiger partial charge in [-0.1, -0.05) is 13.3 Å². The molecule has 3 amide bonds. The molecule has 0 radical (unpaired) electrons. The van der Waals surface area contributed by atoms with E-state index in [1.165, 1.54) is 18.7 Å². The van der Waals surface area contributed by atoms with Gasteiger partial charge >= 0.3 is 0 Å². The van der Waals surface area contributed by atoms with Crippen LogP contribution in [0.1, 0.15) is 59.3 Å². The van der Waals surface area contributed by atoms with Gasteiger partial charge in [-0.25, -0.2) is 0 Å². The molecule has 284 valence electrons. The average Bonchev–Trinajstić information content (AvgIpc) is 3.05. The Morgan fingerprint density at radius 3 is 1.45 bits per heavy atom. The Morgan fingerprint density at radius 1 is 0.592 bits per heavy atom. The Kier molecular flexibility index (Phi) is 19.6. The minimum absolute atomic E-state index is 0.0256. The van der Waals surface area contributed by atoms with Crippen LogP contribution < -0.4 is 16.0 Å². The van der Waals surface area contributed by atoms with E-state index in [4.69, 9.17) is 18.9 Å². The predicted molar refractivity (Wildman–Crippen MR) is 170 cm³/mol. The molecule has 0 aromatic carbocycles. The molecule has 0 aromatic rings. The Hall–Kier alpha value is -2.36. The van der Waals surface area contributed by atoms with E-state index in [1.54, 1.807) is 0 Å². The molecule has 0 aromatic heterocycles. The van der Waals surface area contributed by atoms with Gasteiger partial charge in [0.15, 0.2) is 12.6 Å². The summed E-state index contributed by atoms with van der Waals surface area (Å²) in [5.74, 6) is -1.25. The van der Waals surface area contributed by atoms with Crippen molar-refractivity contribution in [2.75, 3.05) is 52.5 Å². The van der Waals surface area contributed by atoms with Gasteiger partial charge in [0, 0.05) is 32.5 Å². The highest BCUT2D eigenvalue weighted by molar-refractivity contribution is 5.84. The largest absolute Gasteiger partial charge is 0.388 e. The van der Waals surface area contributed by atoms with Crippen molar-refractivity contribution in [2.24, 2.45) is 0 Å². The first kappa shape index (κ1) is 42.8. The quantitative estimate of drug-likeness (QED) is 0.0489. The minimum atomic E-state index is -1.49. The van der Waals surface area contributed by atoms with Crippen LogP contribution in [0.5, 0.6) is 0 Å². The molecule has 49 heavy (non-hydrogen) atoms. The molecule has 18 heteroatoms. The maximum atomic E-state index is 12.7. The molecule has 2 rings (SSSR count). The van der Waals surface area contributed by atoms with E-state index < -0.39 is 79.1 Å². The second-order valence-corrected chi connectivity index (χ2v) is 12.4. The van der Waals surface area contributed by atoms with E-state index in [0.29, 0.717) is 25.8 Å². The number of amides is 3. The van der Waals surface area contributed by atoms with Gasteiger partial charge in [0.25, 0.3) is 0 Å². The van der Waals surface area contributed by atoms with Gasteiger partial charge in [0.1, 0.15) is 42.4 Å². The van der Waals surface area contributed by atoms with Crippen LogP contribution in [0.25, 0.3) is 0 Å². The molecular formula is C31H56N4O14. The Morgan fingerprint density at radius 2 is 1.02 bits per heavy atom. The fraction of sp³-hybridized carbons (Fsp3) is 0.871. The lowest BCUT2D eigenvalue weighted by Crippen LogP contribution is -2.57. The maximum absolute atomic E-state index is 12.7. The minimum Gasteiger partial charge on any atom is -0.388 e. The molecular weight excluding hydrogens is 652 g/mol. The predicted octanol–water partition coefficient (Wildman–Crippen LogP) is -3.75. The second kappa shape index (κ2) is 22.5. The molecule has 2 heterocycles. The van der Waals surface area contributed by atoms with Crippen molar-refractivity contribution in [1.82, 2.24) is 20.9 Å². The van der Waals surface area contributed by atoms with Crippen molar-refractivity contribution < 1.29 is 68.8 Å². The molecule has 0 bridgehead atoms. The van der Waals surface area contributed by atoms with Crippen LogP contribution in [-0.2, 0) is 38.1 Å². The number of ether oxygens (including phenoxy) is 4. The second-order valence-electron chi connectivity index (χ2n) is 12.4. The molecule has 9 N–H and O–H groups in total. The summed E-state index contributed by atoms with van der Waals surface area (Å²) in [7, 11) is 0. The lowest BCUT2D eigenvalue weighted by atomic mass is 10.0. The fourth-order valence-corrected chi connectivity index (χ4v) is 5.23. The lowest BCUT2D eigenvalue weighted by Gasteiger charge is -2.38. The number of aliphatic hydroxyl groups excluding tert-OH is 6. The molecule has 18 nitrogen and oxygen atoms in total. The number of Topliss-reactive ketones (excluding diaryl/α,β-unsaturated/α-hetero) is 1. The SMILES string of the molecule is CCCC(=O)CCCCCNC(=O)CN(CC(=O)NCCO[C@@H]1O[C@@H](C)[C@@H](O)[C@@H](O)[C@@H]1O)CC(=O)NCCO[C@@H]1O[C@@H](C)[C@@H](O)[C@@H](O)[C@@H]1O. The fourth-order valence-electron chi connectivity index (χ4n) is 5.23. The van der Waals surface area contributed by atoms with Crippen LogP contribution in [0.2, 0.25) is 0 Å². The number of ketones is 1. The Balaban J connectivity index is 1.81. The van der Waals surface area contributed by atoms with E-state index in [-0.39, 0.29) is 51.7 Å². The zero-order valence-corrected chi connectivity index (χ0v) is 28.6. The monoisotopic (exact) mass is 708 g/mol. The number of rotatable bonds is 22. The van der Waals surface area contributed by atoms with Crippen molar-refractivity contribution in [1.29, 1.82) is 0 Å². The van der Waals surface area contributed by atoms with Gasteiger partial charge in [0.05, 0.1) is 45.1 Å². The summed E-state index contributed by atoms with van der Waals surface area (Å²) in [6.45, 7) is 4.13. The van der Waals surface area contributed by atoms with Gasteiger partial charge < -0.3 is 65.5 Å². The van der Waals surface area contributed by atoms with Gasteiger partial charge in [-0.05, 0) is 33.1 Å². The zero-order chi connectivity index (χ0) is 36.5. The number of unbranched alkanes of at least 4 members (excludes halogenated alkanes) is 2. The van der Waals surface area contributed by atoms with E-state index in [0.717, 1.165) is 19.3 Å². The van der Waals surface area contributed by atoms with Crippen LogP contribution in [0.3, 0.4) is 0 Å². The van der Waals surface area contributed by atoms with Crippen LogP contribution in [0.15, 0.2) is 0 Å². The highest BCUT2D eigenvalue weighted by Crippen LogP contribution is 2.22. The molecule has 0 aliphatic carbocycles. The smallest absolute Gasteiger partial charge is 0.234 e. The number of aliphatic hydroxyl groups is 6. The average molecular weight is 709 g/mol. The molecule has 0 saturated carbocycles. The molecule has 2 saturated heterocycles. The lowest BCUT2D eigenvalue weighted by molar-refractivity contribution is -0.292. The molecule has 0 spiro atoms. The summed E-state index contributed by atoms with van der Waals surface area (Å²) in [6.07, 6.45) is -8.46. The molecule has 10 atom stereocenters. The van der Waals surface area contributed by atoms with E-state index >= 15 is 0 Å². The highest BCUT2D eigenvalue weighted by Gasteiger charge is 2.43.